The normalized spacial score (nSPS) is 22.4. The Morgan fingerprint density at radius 3 is 1.80 bits per heavy atom. The first-order valence-corrected chi connectivity index (χ1v) is 9.26. The van der Waals surface area contributed by atoms with E-state index in [0.717, 1.165) is 0 Å². The summed E-state index contributed by atoms with van der Waals surface area (Å²) in [7, 11) is 0. The van der Waals surface area contributed by atoms with Crippen molar-refractivity contribution in [1.82, 2.24) is 0 Å². The van der Waals surface area contributed by atoms with Gasteiger partial charge in [0.05, 0.1) is 0 Å². The predicted octanol–water partition coefficient (Wildman–Crippen LogP) is 0.928. The Kier molecular flexibility index (Phi) is 1.44. The van der Waals surface area contributed by atoms with Crippen molar-refractivity contribution in [2.75, 3.05) is 0 Å². The maximum absolute atomic E-state index is 1.65. The Hall–Kier alpha value is 1.09. The van der Waals surface area contributed by atoms with E-state index in [1.165, 1.54) is 0 Å². The number of hydrogen-bond donors (Lipinski definition) is 0. The van der Waals surface area contributed by atoms with Gasteiger partial charge in [0.1, 0.15) is 0 Å². The van der Waals surface area contributed by atoms with Gasteiger partial charge < -0.3 is 0 Å². The van der Waals surface area contributed by atoms with Crippen LogP contribution in [0.15, 0.2) is 0 Å². The van der Waals surface area contributed by atoms with Crippen molar-refractivity contribution in [3.8, 4) is 0 Å². The van der Waals surface area contributed by atoms with E-state index in [1.54, 1.807) is 41.5 Å². The molecule has 0 atom stereocenters. The summed E-state index contributed by atoms with van der Waals surface area (Å²) in [6.45, 7) is 0. The first-order valence-electron chi connectivity index (χ1n) is 1.96. The average molecular weight is 249 g/mol. The van der Waals surface area contributed by atoms with Crippen molar-refractivity contribution in [1.29, 1.82) is 0 Å². The summed E-state index contributed by atoms with van der Waals surface area (Å²) in [4.78, 5) is 0. The van der Waals surface area contributed by atoms with E-state index in [9.17, 15) is 0 Å². The van der Waals surface area contributed by atoms with Crippen LogP contribution in [0, 0.1) is 0 Å². The summed E-state index contributed by atoms with van der Waals surface area (Å²) in [6, 6.07) is 3.30. The summed E-state index contributed by atoms with van der Waals surface area (Å²) in [6.07, 6.45) is 1.57. The van der Waals surface area contributed by atoms with Gasteiger partial charge in [-0.1, -0.05) is 0 Å². The fraction of sp³-hybridized carbons (Fsp3) is 1.00. The van der Waals surface area contributed by atoms with Gasteiger partial charge in [-0.05, 0) is 0 Å². The van der Waals surface area contributed by atoms with E-state index in [2.05, 4.69) is 0 Å². The summed E-state index contributed by atoms with van der Waals surface area (Å²) in [5.41, 5.74) is 0.445. The molecule has 24 valence electrons. The monoisotopic (exact) mass is 250 g/mol. The molecular weight excluding hydrogens is 243 g/mol. The maximum atomic E-state index is 1.65. The van der Waals surface area contributed by atoms with Gasteiger partial charge in [0, 0.05) is 0 Å². The van der Waals surface area contributed by atoms with Crippen LogP contribution < -0.4 is 0 Å². The fourth-order valence-electron chi connectivity index (χ4n) is 0.354. The molecule has 0 bridgehead atoms. The van der Waals surface area contributed by atoms with Crippen LogP contribution in [0.5, 0.6) is 0 Å². The van der Waals surface area contributed by atoms with Gasteiger partial charge in [0.15, 0.2) is 0 Å². The summed E-state index contributed by atoms with van der Waals surface area (Å²) < 4.78 is 0. The van der Waals surface area contributed by atoms with Crippen LogP contribution >= 0.6 is 0 Å². The predicted molar refractivity (Wildman–Crippen MR) is 20.0 cm³/mol. The molecule has 2 heteroatoms. The molecule has 0 aromatic rings. The fourth-order valence-corrected chi connectivity index (χ4v) is 4.87. The molecule has 1 aliphatic rings. The van der Waals surface area contributed by atoms with E-state index < -0.39 is 0 Å². The van der Waals surface area contributed by atoms with Crippen LogP contribution in [0.3, 0.4) is 0 Å². The van der Waals surface area contributed by atoms with Gasteiger partial charge >= 0.3 is 47.0 Å². The third-order valence-corrected chi connectivity index (χ3v) is 8.26. The van der Waals surface area contributed by atoms with Gasteiger partial charge in [-0.25, -0.2) is 0 Å². The third-order valence-electron chi connectivity index (χ3n) is 0.957. The topological polar surface area (TPSA) is 0 Å². The molecule has 1 rings (SSSR count). The van der Waals surface area contributed by atoms with Crippen molar-refractivity contribution >= 4 is 5.49 Å². The minimum atomic E-state index is 0.445. The zero-order valence-electron chi connectivity index (χ0n) is 3.12. The Morgan fingerprint density at radius 1 is 1.40 bits per heavy atom. The van der Waals surface area contributed by atoms with Crippen molar-refractivity contribution < 1.29 is 23.0 Å². The molecule has 1 heterocycles. The van der Waals surface area contributed by atoms with E-state index in [0.29, 0.717) is 5.49 Å². The molecule has 1 aliphatic heterocycles. The van der Waals surface area contributed by atoms with E-state index in [-0.39, 0.29) is 0 Å². The van der Waals surface area contributed by atoms with Crippen LogP contribution in [0.1, 0.15) is 6.42 Å². The van der Waals surface area contributed by atoms with Gasteiger partial charge in [-0.2, -0.15) is 0 Å². The Labute approximate surface area is 47.1 Å². The van der Waals surface area contributed by atoms with Crippen LogP contribution in [0.2, 0.25) is 12.1 Å². The van der Waals surface area contributed by atoms with Gasteiger partial charge in [-0.3, -0.25) is 0 Å². The molecule has 0 spiro atoms. The molecule has 1 saturated heterocycles. The molecule has 1 fully saturated rings. The first-order chi connectivity index (χ1) is 2.39. The quantitative estimate of drug-likeness (QED) is 0.560. The molecule has 0 amide bonds. The molecule has 0 N–H and O–H groups in total. The molecule has 5 heavy (non-hydrogen) atoms. The molecule has 0 radical (unpaired) electrons. The van der Waals surface area contributed by atoms with Crippen molar-refractivity contribution in [3.05, 3.63) is 0 Å². The summed E-state index contributed by atoms with van der Waals surface area (Å²) in [5.74, 6) is 0. The molecule has 0 aliphatic carbocycles. The van der Waals surface area contributed by atoms with Gasteiger partial charge in [0.2, 0.25) is 0 Å². The van der Waals surface area contributed by atoms with Gasteiger partial charge in [-0.15, -0.1) is 0 Å². The SMILES string of the molecule is [Hf+2]=[Si]1CCC1. The van der Waals surface area contributed by atoms with Crippen LogP contribution in [-0.2, 0) is 23.0 Å². The van der Waals surface area contributed by atoms with E-state index >= 15 is 0 Å². The first kappa shape index (κ1) is 4.25. The second kappa shape index (κ2) is 1.69. The zero-order chi connectivity index (χ0) is 3.70. The van der Waals surface area contributed by atoms with Crippen molar-refractivity contribution in [2.24, 2.45) is 0 Å². The summed E-state index contributed by atoms with van der Waals surface area (Å²) >= 11 is 1.56. The van der Waals surface area contributed by atoms with Gasteiger partial charge in [0.25, 0.3) is 0 Å². The molecule has 0 aromatic carbocycles. The second-order valence-corrected chi connectivity index (χ2v) is 11.3. The van der Waals surface area contributed by atoms with E-state index in [4.69, 9.17) is 0 Å². The number of rotatable bonds is 0. The Morgan fingerprint density at radius 2 is 1.80 bits per heavy atom. The van der Waals surface area contributed by atoms with Crippen molar-refractivity contribution in [2.45, 2.75) is 18.5 Å². The molecular formula is C3H6HfSi+2. The van der Waals surface area contributed by atoms with Crippen LogP contribution in [0.25, 0.3) is 0 Å². The third kappa shape index (κ3) is 0.965. The zero-order valence-corrected chi connectivity index (χ0v) is 7.71. The van der Waals surface area contributed by atoms with Crippen LogP contribution in [0.4, 0.5) is 0 Å². The minimum absolute atomic E-state index is 0.445. The second-order valence-electron chi connectivity index (χ2n) is 1.46. The van der Waals surface area contributed by atoms with Crippen LogP contribution in [-0.4, -0.2) is 5.49 Å². The molecule has 0 aromatic heterocycles. The summed E-state index contributed by atoms with van der Waals surface area (Å²) in [5, 5.41) is 0. The standard InChI is InChI=1S/C3H6Si.Hf/c1-2-4-3-1;/h1-3H2;/q;+2. The number of hydrogen-bond acceptors (Lipinski definition) is 0. The molecule has 0 saturated carbocycles. The van der Waals surface area contributed by atoms with E-state index in [1.807, 2.05) is 0 Å². The molecule has 0 unspecified atom stereocenters. The molecule has 0 nitrogen and oxygen atoms in total. The Bertz CT molecular complexity index is 53.9. The average Bonchev–Trinajstić information content (AvgIpc) is 1.30. The Balaban J connectivity index is 2.32. The van der Waals surface area contributed by atoms with Crippen molar-refractivity contribution in [3.63, 3.8) is 0 Å².